The van der Waals surface area contributed by atoms with E-state index in [-0.39, 0.29) is 40.7 Å². The van der Waals surface area contributed by atoms with Crippen LogP contribution in [0.2, 0.25) is 0 Å². The Morgan fingerprint density at radius 3 is 2.39 bits per heavy atom. The van der Waals surface area contributed by atoms with Gasteiger partial charge in [-0.3, -0.25) is 0 Å². The molecule has 0 amide bonds. The lowest BCUT2D eigenvalue weighted by molar-refractivity contribution is -0.0382. The van der Waals surface area contributed by atoms with Gasteiger partial charge in [0.1, 0.15) is 12.4 Å². The topological polar surface area (TPSA) is 119 Å². The van der Waals surface area contributed by atoms with Crippen molar-refractivity contribution in [1.29, 1.82) is 0 Å². The van der Waals surface area contributed by atoms with Crippen LogP contribution in [0.5, 0.6) is 17.2 Å². The fourth-order valence-electron chi connectivity index (χ4n) is 3.62. The lowest BCUT2D eigenvalue weighted by atomic mass is 10.1. The number of aromatic nitrogens is 4. The molecule has 2 aromatic heterocycles. The summed E-state index contributed by atoms with van der Waals surface area (Å²) >= 11 is 0. The summed E-state index contributed by atoms with van der Waals surface area (Å²) in [5, 5.41) is 7.31. The van der Waals surface area contributed by atoms with Gasteiger partial charge in [-0.05, 0) is 19.3 Å². The molecule has 0 spiro atoms. The molecule has 36 heavy (non-hydrogen) atoms. The van der Waals surface area contributed by atoms with Gasteiger partial charge in [-0.15, -0.1) is 0 Å². The van der Waals surface area contributed by atoms with Gasteiger partial charge in [-0.2, -0.15) is 5.10 Å². The number of hydrogen-bond donors (Lipinski definition) is 1. The number of carbonyl (C=O) groups excluding carboxylic acids is 1. The fourth-order valence-corrected chi connectivity index (χ4v) is 3.62. The average molecular weight is 505 g/mol. The van der Waals surface area contributed by atoms with Crippen LogP contribution in [0.3, 0.4) is 0 Å². The van der Waals surface area contributed by atoms with Crippen LogP contribution in [-0.2, 0) is 16.1 Å². The van der Waals surface area contributed by atoms with Crippen LogP contribution in [0.15, 0.2) is 24.5 Å². The Bertz CT molecular complexity index is 1190. The Balaban J connectivity index is 1.49. The Morgan fingerprint density at radius 2 is 1.81 bits per heavy atom. The van der Waals surface area contributed by atoms with Crippen molar-refractivity contribution in [2.24, 2.45) is 0 Å². The molecular formula is C23H25F2N5O6. The Hall–Kier alpha value is -4.00. The van der Waals surface area contributed by atoms with Gasteiger partial charge in [0, 0.05) is 18.7 Å². The first-order valence-corrected chi connectivity index (χ1v) is 11.0. The number of hydrogen-bond acceptors (Lipinski definition) is 10. The molecule has 1 saturated heterocycles. The first kappa shape index (κ1) is 25.1. The van der Waals surface area contributed by atoms with E-state index in [1.54, 1.807) is 4.68 Å². The summed E-state index contributed by atoms with van der Waals surface area (Å²) in [4.78, 5) is 20.3. The smallest absolute Gasteiger partial charge is 0.358 e. The lowest BCUT2D eigenvalue weighted by Gasteiger charge is -2.24. The zero-order valence-electron chi connectivity index (χ0n) is 19.9. The molecule has 0 aliphatic carbocycles. The highest BCUT2D eigenvalue weighted by molar-refractivity contribution is 5.88. The zero-order valence-corrected chi connectivity index (χ0v) is 19.9. The third kappa shape index (κ3) is 5.30. The largest absolute Gasteiger partial charge is 0.494 e. The van der Waals surface area contributed by atoms with Gasteiger partial charge in [0.25, 0.3) is 0 Å². The van der Waals surface area contributed by atoms with Crippen molar-refractivity contribution >= 4 is 17.7 Å². The third-order valence-electron chi connectivity index (χ3n) is 5.47. The summed E-state index contributed by atoms with van der Waals surface area (Å²) in [6.07, 6.45) is 4.95. The molecule has 0 bridgehead atoms. The number of nitrogens with zero attached hydrogens (tertiary/aromatic N) is 4. The molecule has 4 rings (SSSR count). The normalized spacial score (nSPS) is 15.3. The van der Waals surface area contributed by atoms with Crippen molar-refractivity contribution in [3.05, 3.63) is 47.4 Å². The van der Waals surface area contributed by atoms with E-state index in [1.165, 1.54) is 39.8 Å². The van der Waals surface area contributed by atoms with Crippen molar-refractivity contribution in [2.75, 3.05) is 33.3 Å². The van der Waals surface area contributed by atoms with Crippen LogP contribution < -0.4 is 19.5 Å². The summed E-state index contributed by atoms with van der Waals surface area (Å²) in [7, 11) is 3.80. The van der Waals surface area contributed by atoms with Crippen LogP contribution in [0.1, 0.15) is 41.5 Å². The van der Waals surface area contributed by atoms with Gasteiger partial charge in [-0.1, -0.05) is 0 Å². The molecule has 3 aromatic rings. The van der Waals surface area contributed by atoms with E-state index in [1.807, 2.05) is 0 Å². The van der Waals surface area contributed by atoms with Crippen LogP contribution in [0, 0.1) is 11.6 Å². The summed E-state index contributed by atoms with van der Waals surface area (Å²) < 4.78 is 56.5. The second-order valence-electron chi connectivity index (χ2n) is 7.72. The predicted molar refractivity (Wildman–Crippen MR) is 122 cm³/mol. The van der Waals surface area contributed by atoms with Gasteiger partial charge in [0.15, 0.2) is 40.8 Å². The Labute approximate surface area is 205 Å². The Kier molecular flexibility index (Phi) is 7.78. The van der Waals surface area contributed by atoms with Crippen molar-refractivity contribution in [1.82, 2.24) is 19.7 Å². The minimum atomic E-state index is -0.894. The van der Waals surface area contributed by atoms with E-state index in [4.69, 9.17) is 23.7 Å². The second-order valence-corrected chi connectivity index (χ2v) is 7.72. The first-order valence-electron chi connectivity index (χ1n) is 11.0. The van der Waals surface area contributed by atoms with E-state index in [0.29, 0.717) is 12.4 Å². The summed E-state index contributed by atoms with van der Waals surface area (Å²) in [5.41, 5.74) is -0.257. The van der Waals surface area contributed by atoms with E-state index < -0.39 is 24.2 Å². The van der Waals surface area contributed by atoms with Crippen LogP contribution in [-0.4, -0.2) is 53.7 Å². The number of methoxy groups -OCH3 is 3. The highest BCUT2D eigenvalue weighted by Crippen LogP contribution is 2.32. The molecule has 1 atom stereocenters. The summed E-state index contributed by atoms with van der Waals surface area (Å²) in [6.45, 7) is 0.135. The van der Waals surface area contributed by atoms with Crippen molar-refractivity contribution in [2.45, 2.75) is 32.1 Å². The van der Waals surface area contributed by atoms with Crippen LogP contribution >= 0.6 is 0 Å². The SMILES string of the molecule is COC(=O)c1cc(Nc2ncc(OCc3c(F)c(OC)cc(OC)c3F)cn2)n(C2CCCCO2)n1. The minimum Gasteiger partial charge on any atom is -0.494 e. The van der Waals surface area contributed by atoms with E-state index in [9.17, 15) is 13.6 Å². The Morgan fingerprint density at radius 1 is 1.11 bits per heavy atom. The number of nitrogens with one attached hydrogen (secondary N) is 1. The van der Waals surface area contributed by atoms with Crippen LogP contribution in [0.4, 0.5) is 20.5 Å². The summed E-state index contributed by atoms with van der Waals surface area (Å²) in [5.74, 6) is -1.95. The van der Waals surface area contributed by atoms with Gasteiger partial charge in [-0.25, -0.2) is 28.2 Å². The molecule has 1 aromatic carbocycles. The molecule has 3 heterocycles. The molecule has 13 heteroatoms. The molecule has 0 radical (unpaired) electrons. The predicted octanol–water partition coefficient (Wildman–Crippen LogP) is 3.78. The molecule has 1 aliphatic rings. The lowest BCUT2D eigenvalue weighted by Crippen LogP contribution is -2.21. The number of halogens is 2. The first-order chi connectivity index (χ1) is 17.4. The third-order valence-corrected chi connectivity index (χ3v) is 5.47. The monoisotopic (exact) mass is 505 g/mol. The van der Waals surface area contributed by atoms with Gasteiger partial charge in [0.05, 0.1) is 39.3 Å². The van der Waals surface area contributed by atoms with Crippen molar-refractivity contribution < 1.29 is 37.3 Å². The maximum atomic E-state index is 14.5. The number of anilines is 2. The molecule has 1 fully saturated rings. The quantitative estimate of drug-likeness (QED) is 0.430. The molecule has 1 unspecified atom stereocenters. The van der Waals surface area contributed by atoms with E-state index >= 15 is 0 Å². The maximum absolute atomic E-state index is 14.5. The summed E-state index contributed by atoms with van der Waals surface area (Å²) in [6, 6.07) is 2.63. The molecule has 1 aliphatic heterocycles. The van der Waals surface area contributed by atoms with Gasteiger partial charge in [0.2, 0.25) is 5.95 Å². The van der Waals surface area contributed by atoms with E-state index in [2.05, 4.69) is 20.4 Å². The number of benzene rings is 1. The molecule has 0 saturated carbocycles. The molecule has 192 valence electrons. The van der Waals surface area contributed by atoms with Crippen molar-refractivity contribution in [3.8, 4) is 17.2 Å². The fraction of sp³-hybridized carbons (Fsp3) is 0.391. The maximum Gasteiger partial charge on any atom is 0.358 e. The molecule has 11 nitrogen and oxygen atoms in total. The van der Waals surface area contributed by atoms with Crippen molar-refractivity contribution in [3.63, 3.8) is 0 Å². The van der Waals surface area contributed by atoms with Gasteiger partial charge >= 0.3 is 5.97 Å². The van der Waals surface area contributed by atoms with Crippen LogP contribution in [0.25, 0.3) is 0 Å². The highest BCUT2D eigenvalue weighted by atomic mass is 19.1. The standard InChI is InChI=1S/C23H25F2N5O6/c1-32-16-9-17(33-2)21(25)14(20(16)24)12-36-13-10-26-23(27-11-13)28-18-8-15(22(31)34-3)29-30(18)19-6-4-5-7-35-19/h8-11,19H,4-7,12H2,1-3H3,(H,26,27,28). The van der Waals surface area contributed by atoms with E-state index in [0.717, 1.165) is 25.3 Å². The number of rotatable bonds is 9. The number of carbonyl (C=O) groups is 1. The highest BCUT2D eigenvalue weighted by Gasteiger charge is 2.24. The number of ether oxygens (including phenoxy) is 5. The molecular weight excluding hydrogens is 480 g/mol. The second kappa shape index (κ2) is 11.2. The van der Waals surface area contributed by atoms with Gasteiger partial charge < -0.3 is 29.0 Å². The average Bonchev–Trinajstić information content (AvgIpc) is 3.33. The number of esters is 1. The minimum absolute atomic E-state index is 0.104. The molecule has 1 N–H and O–H groups in total. The zero-order chi connectivity index (χ0) is 25.7.